The first-order chi connectivity index (χ1) is 8.00. The van der Waals surface area contributed by atoms with Crippen LogP contribution in [0.5, 0.6) is 0 Å². The number of aliphatic hydroxyl groups excluding tert-OH is 1. The molecule has 0 bridgehead atoms. The number of hydrogen-bond acceptors (Lipinski definition) is 4. The van der Waals surface area contributed by atoms with Crippen molar-refractivity contribution in [3.8, 4) is 0 Å². The van der Waals surface area contributed by atoms with Crippen molar-refractivity contribution in [3.63, 3.8) is 0 Å². The number of benzene rings is 1. The van der Waals surface area contributed by atoms with Crippen molar-refractivity contribution in [3.05, 3.63) is 46.8 Å². The standard InChI is InChI=1S/C9H6O2.C3H6O3/c10-9-6-5-7-3-1-2-4-8(7)11-9;1-2(4)3(5)6/h1-6H;2,4H,1H3,(H,5,6). The Kier molecular flexibility index (Phi) is 4.42. The number of hydrogen-bond donors (Lipinski definition) is 2. The average molecular weight is 236 g/mol. The Morgan fingerprint density at radius 2 is 1.82 bits per heavy atom. The summed E-state index contributed by atoms with van der Waals surface area (Å²) in [5, 5.41) is 16.7. The molecule has 0 spiro atoms. The first kappa shape index (κ1) is 12.9. The lowest BCUT2D eigenvalue weighted by Gasteiger charge is -1.91. The van der Waals surface area contributed by atoms with E-state index < -0.39 is 12.1 Å². The Labute approximate surface area is 96.9 Å². The third-order valence-corrected chi connectivity index (χ3v) is 1.89. The maximum Gasteiger partial charge on any atom is 0.336 e. The van der Waals surface area contributed by atoms with Crippen LogP contribution in [0.4, 0.5) is 0 Å². The number of aliphatic hydroxyl groups is 1. The van der Waals surface area contributed by atoms with Crippen LogP contribution in [0.25, 0.3) is 11.0 Å². The summed E-state index contributed by atoms with van der Waals surface area (Å²) in [5.41, 5.74) is 0.337. The van der Waals surface area contributed by atoms with Crippen LogP contribution >= 0.6 is 0 Å². The van der Waals surface area contributed by atoms with Crippen LogP contribution in [0.3, 0.4) is 0 Å². The Balaban J connectivity index is 0.000000209. The van der Waals surface area contributed by atoms with Gasteiger partial charge in [0.05, 0.1) is 0 Å². The second-order valence-corrected chi connectivity index (χ2v) is 3.31. The van der Waals surface area contributed by atoms with Gasteiger partial charge in [-0.1, -0.05) is 18.2 Å². The molecule has 0 amide bonds. The van der Waals surface area contributed by atoms with E-state index in [1.165, 1.54) is 13.0 Å². The van der Waals surface area contributed by atoms with Crippen LogP contribution in [0.15, 0.2) is 45.6 Å². The molecule has 1 atom stereocenters. The molecule has 2 N–H and O–H groups in total. The minimum atomic E-state index is -1.23. The molecule has 0 aliphatic carbocycles. The highest BCUT2D eigenvalue weighted by atomic mass is 16.4. The lowest BCUT2D eigenvalue weighted by atomic mass is 10.2. The number of fused-ring (bicyclic) bond motifs is 1. The largest absolute Gasteiger partial charge is 0.479 e. The highest BCUT2D eigenvalue weighted by Crippen LogP contribution is 2.08. The summed E-state index contributed by atoms with van der Waals surface area (Å²) >= 11 is 0. The van der Waals surface area contributed by atoms with Crippen molar-refractivity contribution in [1.29, 1.82) is 0 Å². The van der Waals surface area contributed by atoms with Crippen LogP contribution in [-0.2, 0) is 4.79 Å². The summed E-state index contributed by atoms with van der Waals surface area (Å²) in [6, 6.07) is 10.6. The lowest BCUT2D eigenvalue weighted by molar-refractivity contribution is -0.145. The normalized spacial score (nSPS) is 11.4. The number of aliphatic carboxylic acids is 1. The smallest absolute Gasteiger partial charge is 0.336 e. The van der Waals surface area contributed by atoms with E-state index in [2.05, 4.69) is 0 Å². The van der Waals surface area contributed by atoms with E-state index >= 15 is 0 Å². The molecule has 2 aromatic rings. The molecule has 0 aliphatic heterocycles. The Morgan fingerprint density at radius 3 is 2.41 bits per heavy atom. The topological polar surface area (TPSA) is 87.7 Å². The van der Waals surface area contributed by atoms with Gasteiger partial charge in [0.15, 0.2) is 0 Å². The molecule has 1 unspecified atom stereocenters. The quantitative estimate of drug-likeness (QED) is 0.727. The number of carboxylic acids is 1. The van der Waals surface area contributed by atoms with Crippen LogP contribution in [0.2, 0.25) is 0 Å². The molecule has 1 heterocycles. The van der Waals surface area contributed by atoms with Crippen molar-refractivity contribution in [1.82, 2.24) is 0 Å². The molecule has 2 rings (SSSR count). The zero-order valence-electron chi connectivity index (χ0n) is 9.16. The number of carbonyl (C=O) groups is 1. The van der Waals surface area contributed by atoms with Gasteiger partial charge in [-0.3, -0.25) is 0 Å². The number of rotatable bonds is 1. The van der Waals surface area contributed by atoms with Gasteiger partial charge in [-0.2, -0.15) is 0 Å². The van der Waals surface area contributed by atoms with Crippen LogP contribution < -0.4 is 5.63 Å². The van der Waals surface area contributed by atoms with Gasteiger partial charge in [0, 0.05) is 11.5 Å². The van der Waals surface area contributed by atoms with E-state index in [0.717, 1.165) is 5.39 Å². The molecule has 5 nitrogen and oxygen atoms in total. The van der Waals surface area contributed by atoms with Gasteiger partial charge in [-0.25, -0.2) is 9.59 Å². The Bertz CT molecular complexity index is 556. The van der Waals surface area contributed by atoms with E-state index in [4.69, 9.17) is 14.6 Å². The highest BCUT2D eigenvalue weighted by molar-refractivity contribution is 5.75. The minimum absolute atomic E-state index is 0.302. The molecule has 1 aromatic carbocycles. The van der Waals surface area contributed by atoms with Gasteiger partial charge < -0.3 is 14.6 Å². The van der Waals surface area contributed by atoms with E-state index in [-0.39, 0.29) is 5.63 Å². The lowest BCUT2D eigenvalue weighted by Crippen LogP contribution is -2.13. The third kappa shape index (κ3) is 4.08. The predicted molar refractivity (Wildman–Crippen MR) is 61.8 cm³/mol. The summed E-state index contributed by atoms with van der Waals surface area (Å²) in [5.74, 6) is -1.19. The van der Waals surface area contributed by atoms with Crippen LogP contribution in [0, 0.1) is 0 Å². The fourth-order valence-electron chi connectivity index (χ4n) is 1.01. The molecule has 0 saturated carbocycles. The average Bonchev–Trinajstić information content (AvgIpc) is 2.29. The van der Waals surface area contributed by atoms with Crippen molar-refractivity contribution >= 4 is 16.9 Å². The monoisotopic (exact) mass is 236 g/mol. The zero-order chi connectivity index (χ0) is 12.8. The maximum atomic E-state index is 10.7. The number of carboxylic acid groups (broad SMARTS) is 1. The molecule has 1 aromatic heterocycles. The molecule has 0 fully saturated rings. The molecule has 0 aliphatic rings. The van der Waals surface area contributed by atoms with Gasteiger partial charge in [0.25, 0.3) is 0 Å². The zero-order valence-corrected chi connectivity index (χ0v) is 9.16. The van der Waals surface area contributed by atoms with Crippen LogP contribution in [0.1, 0.15) is 6.92 Å². The fraction of sp³-hybridized carbons (Fsp3) is 0.167. The molecule has 5 heteroatoms. The predicted octanol–water partition coefficient (Wildman–Crippen LogP) is 1.24. The van der Waals surface area contributed by atoms with E-state index in [1.54, 1.807) is 12.1 Å². The highest BCUT2D eigenvalue weighted by Gasteiger charge is 2.01. The summed E-state index contributed by atoms with van der Waals surface area (Å²) in [6.07, 6.45) is -1.23. The van der Waals surface area contributed by atoms with Crippen molar-refractivity contribution in [2.75, 3.05) is 0 Å². The van der Waals surface area contributed by atoms with E-state index in [9.17, 15) is 9.59 Å². The summed E-state index contributed by atoms with van der Waals surface area (Å²) < 4.78 is 4.91. The molecule has 0 radical (unpaired) electrons. The SMILES string of the molecule is CC(O)C(=O)O.O=c1ccc2ccccc2o1. The summed E-state index contributed by atoms with van der Waals surface area (Å²) in [6.45, 7) is 1.20. The van der Waals surface area contributed by atoms with Gasteiger partial charge in [-0.15, -0.1) is 0 Å². The third-order valence-electron chi connectivity index (χ3n) is 1.89. The van der Waals surface area contributed by atoms with E-state index in [1.807, 2.05) is 18.2 Å². The fourth-order valence-corrected chi connectivity index (χ4v) is 1.01. The number of para-hydroxylation sites is 1. The first-order valence-electron chi connectivity index (χ1n) is 4.90. The van der Waals surface area contributed by atoms with Crippen molar-refractivity contribution in [2.24, 2.45) is 0 Å². The molecule has 90 valence electrons. The summed E-state index contributed by atoms with van der Waals surface area (Å²) in [7, 11) is 0. The second kappa shape index (κ2) is 5.81. The van der Waals surface area contributed by atoms with Crippen molar-refractivity contribution < 1.29 is 19.4 Å². The molecule has 0 saturated heterocycles. The first-order valence-corrected chi connectivity index (χ1v) is 4.90. The maximum absolute atomic E-state index is 10.7. The van der Waals surface area contributed by atoms with Crippen LogP contribution in [-0.4, -0.2) is 22.3 Å². The molecular weight excluding hydrogens is 224 g/mol. The van der Waals surface area contributed by atoms with E-state index in [0.29, 0.717) is 5.58 Å². The Morgan fingerprint density at radius 1 is 1.24 bits per heavy atom. The Hall–Kier alpha value is -2.14. The van der Waals surface area contributed by atoms with Crippen molar-refractivity contribution in [2.45, 2.75) is 13.0 Å². The minimum Gasteiger partial charge on any atom is -0.479 e. The second-order valence-electron chi connectivity index (χ2n) is 3.31. The van der Waals surface area contributed by atoms with Gasteiger partial charge in [0.1, 0.15) is 11.7 Å². The summed E-state index contributed by atoms with van der Waals surface area (Å²) in [4.78, 5) is 20.2. The van der Waals surface area contributed by atoms with Gasteiger partial charge in [-0.05, 0) is 19.1 Å². The van der Waals surface area contributed by atoms with Gasteiger partial charge in [0.2, 0.25) is 0 Å². The molecule has 17 heavy (non-hydrogen) atoms. The molecular formula is C12H12O5. The van der Waals surface area contributed by atoms with Gasteiger partial charge >= 0.3 is 11.6 Å².